The number of methoxy groups -OCH3 is 1. The van der Waals surface area contributed by atoms with E-state index in [9.17, 15) is 23.2 Å². The van der Waals surface area contributed by atoms with Crippen molar-refractivity contribution in [3.05, 3.63) is 96.4 Å². The predicted octanol–water partition coefficient (Wildman–Crippen LogP) is 7.87. The van der Waals surface area contributed by atoms with Gasteiger partial charge in [0.15, 0.2) is 11.6 Å². The first-order valence-electron chi connectivity index (χ1n) is 11.3. The molecule has 13 heteroatoms. The van der Waals surface area contributed by atoms with Crippen LogP contribution in [0.3, 0.4) is 0 Å². The second-order valence-corrected chi connectivity index (χ2v) is 10.8. The molecular formula is C27H24Cl4F2N2O5. The maximum absolute atomic E-state index is 13.7. The van der Waals surface area contributed by atoms with Crippen molar-refractivity contribution in [3.63, 3.8) is 0 Å². The first-order chi connectivity index (χ1) is 18.5. The van der Waals surface area contributed by atoms with Crippen molar-refractivity contribution >= 4 is 64.2 Å². The number of nitrogens with one attached hydrogen (secondary N) is 1. The van der Waals surface area contributed by atoms with E-state index < -0.39 is 35.0 Å². The maximum Gasteiger partial charge on any atom is 0.335 e. The van der Waals surface area contributed by atoms with Crippen molar-refractivity contribution in [1.29, 1.82) is 0 Å². The van der Waals surface area contributed by atoms with Gasteiger partial charge in [-0.05, 0) is 64.1 Å². The number of rotatable bonds is 4. The third kappa shape index (κ3) is 7.97. The Morgan fingerprint density at radius 2 is 1.32 bits per heavy atom. The Balaban J connectivity index is 0.000000389. The standard InChI is InChI=1S/C20H21Cl2FN2O3.C7H3Cl2FO2/c1-11-13(7-6-8-16(11)28-5)18(26)24-25(20(2,3)4)19(27)12-9-14(21)17(23)15(22)10-12;8-4-1-3(7(11)12)2-5(9)6(4)10/h6-10H,1-5H3,(H,24,26);1-2H,(H,11,12). The first kappa shape index (κ1) is 33.1. The SMILES string of the molecule is COc1cccc(C(=O)NN(C(=O)c2cc(Cl)c(F)c(Cl)c2)C(C)(C)C)c1C.O=C(O)c1cc(Cl)c(F)c(Cl)c1. The number of carboxylic acids is 1. The van der Waals surface area contributed by atoms with Crippen LogP contribution in [0.25, 0.3) is 0 Å². The van der Waals surface area contributed by atoms with Crippen LogP contribution in [0.4, 0.5) is 8.78 Å². The number of hydrazine groups is 1. The van der Waals surface area contributed by atoms with Gasteiger partial charge in [0.2, 0.25) is 0 Å². The second kappa shape index (κ2) is 13.5. The average molecular weight is 636 g/mol. The molecule has 0 fully saturated rings. The molecule has 0 heterocycles. The predicted molar refractivity (Wildman–Crippen MR) is 151 cm³/mol. The zero-order valence-corrected chi connectivity index (χ0v) is 24.9. The van der Waals surface area contributed by atoms with Gasteiger partial charge in [0.25, 0.3) is 11.8 Å². The third-order valence-corrected chi connectivity index (χ3v) is 6.40. The summed E-state index contributed by atoms with van der Waals surface area (Å²) in [4.78, 5) is 36.2. The summed E-state index contributed by atoms with van der Waals surface area (Å²) in [6.45, 7) is 6.99. The van der Waals surface area contributed by atoms with Crippen LogP contribution in [0.2, 0.25) is 20.1 Å². The van der Waals surface area contributed by atoms with E-state index in [0.29, 0.717) is 16.9 Å². The summed E-state index contributed by atoms with van der Waals surface area (Å²) in [6, 6.07) is 9.41. The van der Waals surface area contributed by atoms with Crippen LogP contribution >= 0.6 is 46.4 Å². The number of halogens is 6. The number of carbonyl (C=O) groups excluding carboxylic acids is 2. The Morgan fingerprint density at radius 3 is 1.73 bits per heavy atom. The van der Waals surface area contributed by atoms with Crippen LogP contribution in [0.1, 0.15) is 57.4 Å². The quantitative estimate of drug-likeness (QED) is 0.225. The lowest BCUT2D eigenvalue weighted by molar-refractivity contribution is 0.0358. The van der Waals surface area contributed by atoms with Gasteiger partial charge in [0, 0.05) is 16.7 Å². The molecule has 0 aliphatic carbocycles. The summed E-state index contributed by atoms with van der Waals surface area (Å²) >= 11 is 22.3. The summed E-state index contributed by atoms with van der Waals surface area (Å²) in [5.41, 5.74) is 2.75. The molecule has 3 rings (SSSR count). The van der Waals surface area contributed by atoms with Crippen LogP contribution < -0.4 is 10.2 Å². The molecule has 0 saturated heterocycles. The largest absolute Gasteiger partial charge is 0.496 e. The van der Waals surface area contributed by atoms with E-state index in [-0.39, 0.29) is 31.2 Å². The Bertz CT molecular complexity index is 1420. The van der Waals surface area contributed by atoms with E-state index >= 15 is 0 Å². The van der Waals surface area contributed by atoms with Gasteiger partial charge in [0.1, 0.15) is 5.75 Å². The van der Waals surface area contributed by atoms with Crippen molar-refractivity contribution in [2.24, 2.45) is 0 Å². The third-order valence-electron chi connectivity index (χ3n) is 5.30. The van der Waals surface area contributed by atoms with Crippen molar-refractivity contribution in [2.45, 2.75) is 33.2 Å². The van der Waals surface area contributed by atoms with Crippen LogP contribution in [-0.2, 0) is 0 Å². The molecule has 214 valence electrons. The maximum atomic E-state index is 13.7. The lowest BCUT2D eigenvalue weighted by atomic mass is 10.1. The van der Waals surface area contributed by atoms with Gasteiger partial charge in [0.05, 0.1) is 38.3 Å². The fourth-order valence-electron chi connectivity index (χ4n) is 3.25. The molecule has 0 aliphatic heterocycles. The number of carbonyl (C=O) groups is 3. The van der Waals surface area contributed by atoms with Crippen LogP contribution in [0.15, 0.2) is 42.5 Å². The number of nitrogens with zero attached hydrogens (tertiary/aromatic N) is 1. The number of hydrogen-bond donors (Lipinski definition) is 2. The van der Waals surface area contributed by atoms with E-state index in [0.717, 1.165) is 17.1 Å². The second-order valence-electron chi connectivity index (χ2n) is 9.20. The smallest absolute Gasteiger partial charge is 0.335 e. The lowest BCUT2D eigenvalue weighted by Gasteiger charge is -2.35. The van der Waals surface area contributed by atoms with Crippen LogP contribution in [-0.4, -0.2) is 40.5 Å². The molecule has 0 unspecified atom stereocenters. The number of hydrogen-bond acceptors (Lipinski definition) is 4. The zero-order chi connectivity index (χ0) is 30.5. The highest BCUT2D eigenvalue weighted by Gasteiger charge is 2.31. The monoisotopic (exact) mass is 634 g/mol. The fraction of sp³-hybridized carbons (Fsp3) is 0.222. The normalized spacial score (nSPS) is 10.8. The molecule has 0 atom stereocenters. The minimum absolute atomic E-state index is 0.0500. The number of ether oxygens (including phenoxy) is 1. The molecular weight excluding hydrogens is 612 g/mol. The molecule has 3 aromatic rings. The molecule has 0 saturated carbocycles. The summed E-state index contributed by atoms with van der Waals surface area (Å²) in [7, 11) is 1.51. The minimum atomic E-state index is -1.20. The van der Waals surface area contributed by atoms with E-state index in [1.165, 1.54) is 19.2 Å². The van der Waals surface area contributed by atoms with Gasteiger partial charge in [-0.25, -0.2) is 18.6 Å². The fourth-order valence-corrected chi connectivity index (χ4v) is 4.23. The van der Waals surface area contributed by atoms with Crippen molar-refractivity contribution in [3.8, 4) is 5.75 Å². The van der Waals surface area contributed by atoms with Crippen LogP contribution in [0.5, 0.6) is 5.75 Å². The lowest BCUT2D eigenvalue weighted by Crippen LogP contribution is -2.56. The molecule has 0 radical (unpaired) electrons. The summed E-state index contributed by atoms with van der Waals surface area (Å²) in [6.07, 6.45) is 0. The number of carboxylic acid groups (broad SMARTS) is 1. The Hall–Kier alpha value is -3.11. The zero-order valence-electron chi connectivity index (χ0n) is 21.8. The average Bonchev–Trinajstić information content (AvgIpc) is 2.87. The van der Waals surface area contributed by atoms with Gasteiger partial charge in [-0.2, -0.15) is 0 Å². The van der Waals surface area contributed by atoms with Crippen molar-refractivity contribution < 1.29 is 33.0 Å². The molecule has 2 N–H and O–H groups in total. The molecule has 0 bridgehead atoms. The Labute approximate surface area is 249 Å². The molecule has 40 heavy (non-hydrogen) atoms. The summed E-state index contributed by atoms with van der Waals surface area (Å²) < 4.78 is 31.6. The topological polar surface area (TPSA) is 95.9 Å². The van der Waals surface area contributed by atoms with Gasteiger partial charge in [-0.1, -0.05) is 52.5 Å². The van der Waals surface area contributed by atoms with Gasteiger partial charge < -0.3 is 9.84 Å². The van der Waals surface area contributed by atoms with Gasteiger partial charge in [-0.15, -0.1) is 0 Å². The highest BCUT2D eigenvalue weighted by Crippen LogP contribution is 2.27. The van der Waals surface area contributed by atoms with E-state index in [2.05, 4.69) is 5.43 Å². The Kier molecular flexibility index (Phi) is 11.2. The van der Waals surface area contributed by atoms with Crippen LogP contribution in [0, 0.1) is 18.6 Å². The highest BCUT2D eigenvalue weighted by atomic mass is 35.5. The van der Waals surface area contributed by atoms with E-state index in [1.807, 2.05) is 0 Å². The molecule has 0 aromatic heterocycles. The van der Waals surface area contributed by atoms with E-state index in [1.54, 1.807) is 45.9 Å². The van der Waals surface area contributed by atoms with Gasteiger partial charge >= 0.3 is 5.97 Å². The Morgan fingerprint density at radius 1 is 0.875 bits per heavy atom. The first-order valence-corrected chi connectivity index (χ1v) is 12.8. The van der Waals surface area contributed by atoms with Crippen molar-refractivity contribution in [1.82, 2.24) is 10.4 Å². The van der Waals surface area contributed by atoms with Gasteiger partial charge in [-0.3, -0.25) is 15.0 Å². The summed E-state index contributed by atoms with van der Waals surface area (Å²) in [5, 5.41) is 8.51. The van der Waals surface area contributed by atoms with E-state index in [4.69, 9.17) is 56.2 Å². The summed E-state index contributed by atoms with van der Waals surface area (Å²) in [5.74, 6) is -3.32. The highest BCUT2D eigenvalue weighted by molar-refractivity contribution is 6.36. The molecule has 0 spiro atoms. The molecule has 7 nitrogen and oxygen atoms in total. The number of amides is 2. The molecule has 2 amide bonds. The molecule has 0 aliphatic rings. The van der Waals surface area contributed by atoms with Crippen molar-refractivity contribution in [2.75, 3.05) is 7.11 Å². The molecule has 3 aromatic carbocycles. The minimum Gasteiger partial charge on any atom is -0.496 e. The number of aromatic carboxylic acids is 1. The number of benzene rings is 3.